The number of hydrogen-bond acceptors (Lipinski definition) is 3. The average Bonchev–Trinajstić information content (AvgIpc) is 2.55. The highest BCUT2D eigenvalue weighted by Crippen LogP contribution is 2.21. The minimum atomic E-state index is -3.17. The summed E-state index contributed by atoms with van der Waals surface area (Å²) in [7, 11) is -3.17. The zero-order chi connectivity index (χ0) is 16.7. The van der Waals surface area contributed by atoms with Gasteiger partial charge in [-0.3, -0.25) is 4.79 Å². The zero-order valence-electron chi connectivity index (χ0n) is 13.1. The molecule has 0 aliphatic carbocycles. The number of benzene rings is 1. The molecule has 1 saturated heterocycles. The standard InChI is InChI=1S/C16H23ClN2O3S/c17-14-8-2-3-9-15(14)18-16(20)10-4-7-13-23(21,22)19-11-5-1-6-12-19/h2-3,8-9H,1,4-7,10-13H2,(H,18,20). The molecule has 0 atom stereocenters. The molecular formula is C16H23ClN2O3S. The van der Waals surface area contributed by atoms with Crippen LogP contribution >= 0.6 is 11.6 Å². The number of amides is 1. The fourth-order valence-electron chi connectivity index (χ4n) is 2.62. The Kier molecular flexibility index (Phi) is 6.87. The van der Waals surface area contributed by atoms with Gasteiger partial charge in [0.25, 0.3) is 0 Å². The molecule has 1 aromatic rings. The maximum Gasteiger partial charge on any atom is 0.224 e. The lowest BCUT2D eigenvalue weighted by atomic mass is 10.2. The van der Waals surface area contributed by atoms with Crippen LogP contribution < -0.4 is 5.32 Å². The first kappa shape index (κ1) is 18.2. The molecule has 0 unspecified atom stereocenters. The van der Waals surface area contributed by atoms with Crippen LogP contribution in [0.4, 0.5) is 5.69 Å². The van der Waals surface area contributed by atoms with E-state index < -0.39 is 10.0 Å². The zero-order valence-corrected chi connectivity index (χ0v) is 14.7. The summed E-state index contributed by atoms with van der Waals surface area (Å²) >= 11 is 5.98. The molecular weight excluding hydrogens is 336 g/mol. The van der Waals surface area contributed by atoms with E-state index in [1.165, 1.54) is 0 Å². The third-order valence-electron chi connectivity index (χ3n) is 3.91. The van der Waals surface area contributed by atoms with Crippen molar-refractivity contribution in [3.8, 4) is 0 Å². The first-order valence-electron chi connectivity index (χ1n) is 8.01. The topological polar surface area (TPSA) is 66.5 Å². The van der Waals surface area contributed by atoms with Crippen molar-refractivity contribution < 1.29 is 13.2 Å². The Bertz CT molecular complexity index is 628. The van der Waals surface area contributed by atoms with Crippen molar-refractivity contribution in [3.05, 3.63) is 29.3 Å². The lowest BCUT2D eigenvalue weighted by Crippen LogP contribution is -2.37. The fraction of sp³-hybridized carbons (Fsp3) is 0.562. The van der Waals surface area contributed by atoms with Crippen molar-refractivity contribution in [2.24, 2.45) is 0 Å². The van der Waals surface area contributed by atoms with Gasteiger partial charge in [0.05, 0.1) is 16.5 Å². The van der Waals surface area contributed by atoms with Gasteiger partial charge in [-0.15, -0.1) is 0 Å². The minimum absolute atomic E-state index is 0.117. The SMILES string of the molecule is O=C(CCCCS(=O)(=O)N1CCCCC1)Nc1ccccc1Cl. The molecule has 0 bridgehead atoms. The van der Waals surface area contributed by atoms with Gasteiger partial charge in [0.15, 0.2) is 0 Å². The van der Waals surface area contributed by atoms with Gasteiger partial charge in [-0.2, -0.15) is 0 Å². The number of carbonyl (C=O) groups is 1. The smallest absolute Gasteiger partial charge is 0.224 e. The van der Waals surface area contributed by atoms with E-state index in [1.54, 1.807) is 28.6 Å². The summed E-state index contributed by atoms with van der Waals surface area (Å²) in [5.41, 5.74) is 0.583. The van der Waals surface area contributed by atoms with Crippen LogP contribution in [0.25, 0.3) is 0 Å². The molecule has 1 fully saturated rings. The van der Waals surface area contributed by atoms with E-state index in [0.717, 1.165) is 19.3 Å². The lowest BCUT2D eigenvalue weighted by Gasteiger charge is -2.25. The predicted molar refractivity (Wildman–Crippen MR) is 93.1 cm³/mol. The second-order valence-electron chi connectivity index (χ2n) is 5.76. The first-order chi connectivity index (χ1) is 11.0. The van der Waals surface area contributed by atoms with Crippen LogP contribution in [-0.4, -0.2) is 37.5 Å². The second-order valence-corrected chi connectivity index (χ2v) is 8.26. The highest BCUT2D eigenvalue weighted by Gasteiger charge is 2.23. The van der Waals surface area contributed by atoms with Gasteiger partial charge < -0.3 is 5.32 Å². The number of sulfonamides is 1. The molecule has 1 aliphatic heterocycles. The minimum Gasteiger partial charge on any atom is -0.325 e. The van der Waals surface area contributed by atoms with Crippen LogP contribution in [0.2, 0.25) is 5.02 Å². The maximum absolute atomic E-state index is 12.2. The molecule has 7 heteroatoms. The first-order valence-corrected chi connectivity index (χ1v) is 10.00. The van der Waals surface area contributed by atoms with Gasteiger partial charge in [0.2, 0.25) is 15.9 Å². The fourth-order valence-corrected chi connectivity index (χ4v) is 4.44. The van der Waals surface area contributed by atoms with E-state index in [0.29, 0.717) is 43.1 Å². The predicted octanol–water partition coefficient (Wildman–Crippen LogP) is 3.26. The molecule has 1 aliphatic rings. The molecule has 2 rings (SSSR count). The Morgan fingerprint density at radius 2 is 1.83 bits per heavy atom. The van der Waals surface area contributed by atoms with Gasteiger partial charge in [-0.1, -0.05) is 30.2 Å². The Hall–Kier alpha value is -1.11. The Morgan fingerprint density at radius 3 is 2.52 bits per heavy atom. The molecule has 1 amide bonds. The van der Waals surface area contributed by atoms with Gasteiger partial charge >= 0.3 is 0 Å². The van der Waals surface area contributed by atoms with Crippen molar-refractivity contribution in [3.63, 3.8) is 0 Å². The molecule has 5 nitrogen and oxygen atoms in total. The van der Waals surface area contributed by atoms with E-state index in [9.17, 15) is 13.2 Å². The number of carbonyl (C=O) groups excluding carboxylic acids is 1. The number of nitrogens with one attached hydrogen (secondary N) is 1. The third kappa shape index (κ3) is 5.79. The molecule has 1 aromatic carbocycles. The molecule has 1 heterocycles. The number of nitrogens with zero attached hydrogens (tertiary/aromatic N) is 1. The monoisotopic (exact) mass is 358 g/mol. The van der Waals surface area contributed by atoms with Crippen LogP contribution in [0.15, 0.2) is 24.3 Å². The maximum atomic E-state index is 12.2. The molecule has 1 N–H and O–H groups in total. The van der Waals surface area contributed by atoms with Crippen LogP contribution in [0.3, 0.4) is 0 Å². The van der Waals surface area contributed by atoms with Crippen molar-refractivity contribution in [2.75, 3.05) is 24.2 Å². The van der Waals surface area contributed by atoms with E-state index >= 15 is 0 Å². The van der Waals surface area contributed by atoms with Crippen molar-refractivity contribution in [1.29, 1.82) is 0 Å². The summed E-state index contributed by atoms with van der Waals surface area (Å²) in [5, 5.41) is 3.23. The summed E-state index contributed by atoms with van der Waals surface area (Å²) < 4.78 is 25.9. The third-order valence-corrected chi connectivity index (χ3v) is 6.20. The molecule has 128 valence electrons. The van der Waals surface area contributed by atoms with E-state index in [4.69, 9.17) is 11.6 Å². The number of para-hydroxylation sites is 1. The summed E-state index contributed by atoms with van der Waals surface area (Å²) in [6.07, 6.45) is 4.33. The van der Waals surface area contributed by atoms with Gasteiger partial charge in [0.1, 0.15) is 0 Å². The Labute approximate surface area is 143 Å². The summed E-state index contributed by atoms with van der Waals surface area (Å²) in [6.45, 7) is 1.27. The second kappa shape index (κ2) is 8.66. The van der Waals surface area contributed by atoms with Crippen LogP contribution in [0.1, 0.15) is 38.5 Å². The lowest BCUT2D eigenvalue weighted by molar-refractivity contribution is -0.116. The number of hydrogen-bond donors (Lipinski definition) is 1. The molecule has 0 radical (unpaired) electrons. The van der Waals surface area contributed by atoms with E-state index in [-0.39, 0.29) is 11.7 Å². The molecule has 23 heavy (non-hydrogen) atoms. The normalized spacial score (nSPS) is 16.2. The highest BCUT2D eigenvalue weighted by molar-refractivity contribution is 7.89. The van der Waals surface area contributed by atoms with Gasteiger partial charge in [-0.05, 0) is 37.8 Å². The van der Waals surface area contributed by atoms with Crippen molar-refractivity contribution in [2.45, 2.75) is 38.5 Å². The summed E-state index contributed by atoms with van der Waals surface area (Å²) in [4.78, 5) is 11.9. The largest absolute Gasteiger partial charge is 0.325 e. The van der Waals surface area contributed by atoms with Crippen LogP contribution in [-0.2, 0) is 14.8 Å². The molecule has 0 saturated carbocycles. The van der Waals surface area contributed by atoms with Gasteiger partial charge in [-0.25, -0.2) is 12.7 Å². The number of anilines is 1. The average molecular weight is 359 g/mol. The number of halogens is 1. The highest BCUT2D eigenvalue weighted by atomic mass is 35.5. The molecule has 0 spiro atoms. The Balaban J connectivity index is 1.70. The number of rotatable bonds is 7. The number of unbranched alkanes of at least 4 members (excludes halogenated alkanes) is 1. The summed E-state index contributed by atoms with van der Waals surface area (Å²) in [5.74, 6) is -0.0275. The van der Waals surface area contributed by atoms with Gasteiger partial charge in [0, 0.05) is 19.5 Å². The molecule has 0 aromatic heterocycles. The summed E-state index contributed by atoms with van der Waals surface area (Å²) in [6, 6.07) is 7.04. The Morgan fingerprint density at radius 1 is 1.13 bits per heavy atom. The number of piperidine rings is 1. The quantitative estimate of drug-likeness (QED) is 0.761. The van der Waals surface area contributed by atoms with E-state index in [2.05, 4.69) is 5.32 Å². The van der Waals surface area contributed by atoms with Crippen LogP contribution in [0, 0.1) is 0 Å². The van der Waals surface area contributed by atoms with Crippen LogP contribution in [0.5, 0.6) is 0 Å². The van der Waals surface area contributed by atoms with Crippen molar-refractivity contribution in [1.82, 2.24) is 4.31 Å². The van der Waals surface area contributed by atoms with E-state index in [1.807, 2.05) is 0 Å². The van der Waals surface area contributed by atoms with Crippen molar-refractivity contribution >= 4 is 33.2 Å².